The van der Waals surface area contributed by atoms with Crippen molar-refractivity contribution in [3.8, 4) is 5.69 Å². The third-order valence-electron chi connectivity index (χ3n) is 8.39. The van der Waals surface area contributed by atoms with Gasteiger partial charge in [0.05, 0.1) is 5.69 Å². The summed E-state index contributed by atoms with van der Waals surface area (Å²) >= 11 is 5.61. The summed E-state index contributed by atoms with van der Waals surface area (Å²) in [7, 11) is 0. The molecular weight excluding hydrogens is 478 g/mol. The maximum Gasteiger partial charge on any atom is 0.170 e. The topological polar surface area (TPSA) is 51.6 Å². The summed E-state index contributed by atoms with van der Waals surface area (Å²) in [4.78, 5) is 7.94. The zero-order valence-corrected chi connectivity index (χ0v) is 22.2. The van der Waals surface area contributed by atoms with Crippen molar-refractivity contribution in [2.45, 2.75) is 18.9 Å². The Morgan fingerprint density at radius 3 is 2.43 bits per heavy atom. The molecule has 8 heteroatoms. The molecule has 0 spiro atoms. The zero-order valence-electron chi connectivity index (χ0n) is 21.4. The van der Waals surface area contributed by atoms with Crippen LogP contribution in [0.3, 0.4) is 0 Å². The quantitative estimate of drug-likeness (QED) is 0.466. The van der Waals surface area contributed by atoms with Crippen LogP contribution in [-0.2, 0) is 0 Å². The van der Waals surface area contributed by atoms with Crippen molar-refractivity contribution < 1.29 is 0 Å². The fourth-order valence-corrected chi connectivity index (χ4v) is 6.53. The first-order valence-electron chi connectivity index (χ1n) is 13.6. The molecule has 0 radical (unpaired) electrons. The summed E-state index contributed by atoms with van der Waals surface area (Å²) in [5.41, 5.74) is 3.39. The summed E-state index contributed by atoms with van der Waals surface area (Å²) in [5.74, 6) is 1.63. The molecule has 0 amide bonds. The number of anilines is 2. The Balaban J connectivity index is 0.939. The molecular formula is C29H37N7S. The molecule has 1 unspecified atom stereocenters. The Morgan fingerprint density at radius 2 is 1.73 bits per heavy atom. The van der Waals surface area contributed by atoms with Gasteiger partial charge < -0.3 is 15.5 Å². The lowest BCUT2D eigenvalue weighted by atomic mass is 9.75. The number of rotatable bonds is 7. The van der Waals surface area contributed by atoms with E-state index in [0.29, 0.717) is 11.2 Å². The van der Waals surface area contributed by atoms with Crippen molar-refractivity contribution in [2.75, 3.05) is 62.6 Å². The number of piperidine rings is 3. The van der Waals surface area contributed by atoms with Crippen LogP contribution in [0.2, 0.25) is 0 Å². The van der Waals surface area contributed by atoms with Crippen molar-refractivity contribution in [3.63, 3.8) is 0 Å². The SMILES string of the molecule is S=C(NC[C@H]1C[C@@H]2CCN1C[C@@H]2CN1CCN(c2ccccc2)CC1)Nc1ccc(-n2cccn2)cc1. The normalized spacial score (nSPS) is 25.7. The highest BCUT2D eigenvalue weighted by molar-refractivity contribution is 7.80. The van der Waals surface area contributed by atoms with Crippen molar-refractivity contribution in [1.82, 2.24) is 24.9 Å². The number of aromatic nitrogens is 2. The van der Waals surface area contributed by atoms with Gasteiger partial charge in [-0.3, -0.25) is 9.80 Å². The van der Waals surface area contributed by atoms with E-state index in [2.05, 4.69) is 60.8 Å². The van der Waals surface area contributed by atoms with E-state index in [-0.39, 0.29) is 0 Å². The van der Waals surface area contributed by atoms with Gasteiger partial charge in [0.15, 0.2) is 5.11 Å². The number of thiocarbonyl (C=S) groups is 1. The fraction of sp³-hybridized carbons (Fsp3) is 0.448. The molecule has 37 heavy (non-hydrogen) atoms. The Morgan fingerprint density at radius 1 is 0.919 bits per heavy atom. The zero-order chi connectivity index (χ0) is 25.0. The summed E-state index contributed by atoms with van der Waals surface area (Å²) in [6.45, 7) is 9.23. The lowest BCUT2D eigenvalue weighted by Gasteiger charge is -2.51. The highest BCUT2D eigenvalue weighted by Crippen LogP contribution is 2.36. The predicted molar refractivity (Wildman–Crippen MR) is 154 cm³/mol. The number of fused-ring (bicyclic) bond motifs is 3. The highest BCUT2D eigenvalue weighted by Gasteiger charge is 2.40. The van der Waals surface area contributed by atoms with Crippen LogP contribution in [0.25, 0.3) is 5.69 Å². The van der Waals surface area contributed by atoms with Gasteiger partial charge >= 0.3 is 0 Å². The first kappa shape index (κ1) is 24.4. The smallest absolute Gasteiger partial charge is 0.170 e. The third kappa shape index (κ3) is 5.81. The van der Waals surface area contributed by atoms with Crippen molar-refractivity contribution in [3.05, 3.63) is 73.1 Å². The molecule has 4 aliphatic heterocycles. The molecule has 7 rings (SSSR count). The van der Waals surface area contributed by atoms with Gasteiger partial charge in [-0.05, 0) is 85.9 Å². The Bertz CT molecular complexity index is 1140. The van der Waals surface area contributed by atoms with Gasteiger partial charge in [0.25, 0.3) is 0 Å². The second-order valence-corrected chi connectivity index (χ2v) is 11.1. The van der Waals surface area contributed by atoms with Gasteiger partial charge in [-0.1, -0.05) is 18.2 Å². The maximum absolute atomic E-state index is 5.61. The standard InChI is InChI=1S/C29H37N7S/c37-29(32-25-7-9-27(10-8-25)36-13-4-12-31-36)30-20-28-19-23-11-14-35(28)22-24(23)21-33-15-17-34(18-16-33)26-5-2-1-3-6-26/h1-10,12-13,23-24,28H,11,14-22H2,(H2,30,32,37)/t23-,24-,28+/m0/s1. The van der Waals surface area contributed by atoms with Crippen LogP contribution in [0, 0.1) is 11.8 Å². The number of para-hydroxylation sites is 1. The molecule has 1 aromatic heterocycles. The number of nitrogens with one attached hydrogen (secondary N) is 2. The number of hydrogen-bond donors (Lipinski definition) is 2. The lowest BCUT2D eigenvalue weighted by Crippen LogP contribution is -2.59. The molecule has 2 aromatic carbocycles. The van der Waals surface area contributed by atoms with E-state index in [1.807, 2.05) is 41.2 Å². The number of nitrogens with zero attached hydrogens (tertiary/aromatic N) is 5. The molecule has 0 aliphatic carbocycles. The minimum absolute atomic E-state index is 0.576. The van der Waals surface area contributed by atoms with Crippen LogP contribution in [0.5, 0.6) is 0 Å². The van der Waals surface area contributed by atoms with E-state index in [9.17, 15) is 0 Å². The maximum atomic E-state index is 5.61. The van der Waals surface area contributed by atoms with E-state index in [1.54, 1.807) is 6.20 Å². The van der Waals surface area contributed by atoms with Crippen molar-refractivity contribution in [1.29, 1.82) is 0 Å². The van der Waals surface area contributed by atoms with Crippen LogP contribution in [-0.4, -0.2) is 83.1 Å². The van der Waals surface area contributed by atoms with Crippen LogP contribution < -0.4 is 15.5 Å². The Labute approximate surface area is 225 Å². The monoisotopic (exact) mass is 515 g/mol. The fourth-order valence-electron chi connectivity index (χ4n) is 6.33. The van der Waals surface area contributed by atoms with Gasteiger partial charge in [0.1, 0.15) is 0 Å². The van der Waals surface area contributed by atoms with E-state index in [0.717, 1.165) is 42.8 Å². The summed E-state index contributed by atoms with van der Waals surface area (Å²) < 4.78 is 1.85. The van der Waals surface area contributed by atoms with E-state index < -0.39 is 0 Å². The Hall–Kier alpha value is -2.94. The van der Waals surface area contributed by atoms with Crippen LogP contribution >= 0.6 is 12.2 Å². The van der Waals surface area contributed by atoms with Gasteiger partial charge in [-0.2, -0.15) is 5.10 Å². The van der Waals surface area contributed by atoms with Gasteiger partial charge in [-0.15, -0.1) is 0 Å². The van der Waals surface area contributed by atoms with Crippen LogP contribution in [0.15, 0.2) is 73.1 Å². The van der Waals surface area contributed by atoms with Gasteiger partial charge in [0, 0.05) is 75.6 Å². The molecule has 4 atom stereocenters. The molecule has 2 N–H and O–H groups in total. The van der Waals surface area contributed by atoms with Crippen molar-refractivity contribution in [2.24, 2.45) is 11.8 Å². The molecule has 4 fully saturated rings. The van der Waals surface area contributed by atoms with E-state index >= 15 is 0 Å². The number of hydrogen-bond acceptors (Lipinski definition) is 5. The second-order valence-electron chi connectivity index (χ2n) is 10.6. The van der Waals surface area contributed by atoms with Gasteiger partial charge in [0.2, 0.25) is 0 Å². The largest absolute Gasteiger partial charge is 0.369 e. The molecule has 5 heterocycles. The number of benzene rings is 2. The first-order valence-corrected chi connectivity index (χ1v) is 14.0. The molecule has 7 nitrogen and oxygen atoms in total. The van der Waals surface area contributed by atoms with Crippen molar-refractivity contribution >= 4 is 28.7 Å². The molecule has 4 saturated heterocycles. The molecule has 4 aliphatic rings. The van der Waals surface area contributed by atoms with E-state index in [4.69, 9.17) is 12.2 Å². The summed E-state index contributed by atoms with van der Waals surface area (Å²) in [6, 6.07) is 21.5. The summed E-state index contributed by atoms with van der Waals surface area (Å²) in [6.07, 6.45) is 6.35. The van der Waals surface area contributed by atoms with Crippen LogP contribution in [0.4, 0.5) is 11.4 Å². The lowest BCUT2D eigenvalue weighted by molar-refractivity contribution is -0.0110. The predicted octanol–water partition coefficient (Wildman–Crippen LogP) is 3.69. The van der Waals surface area contributed by atoms with Gasteiger partial charge in [-0.25, -0.2) is 4.68 Å². The van der Waals surface area contributed by atoms with Crippen LogP contribution in [0.1, 0.15) is 12.8 Å². The molecule has 3 aromatic rings. The minimum atomic E-state index is 0.576. The highest BCUT2D eigenvalue weighted by atomic mass is 32.1. The third-order valence-corrected chi connectivity index (χ3v) is 8.64. The number of piperazine rings is 1. The minimum Gasteiger partial charge on any atom is -0.369 e. The first-order chi connectivity index (χ1) is 18.2. The molecule has 0 saturated carbocycles. The molecule has 194 valence electrons. The second kappa shape index (κ2) is 11.2. The Kier molecular flexibility index (Phi) is 7.39. The summed E-state index contributed by atoms with van der Waals surface area (Å²) in [5, 5.41) is 11.8. The average Bonchev–Trinajstić information content (AvgIpc) is 3.49. The average molecular weight is 516 g/mol. The van der Waals surface area contributed by atoms with E-state index in [1.165, 1.54) is 51.3 Å². The molecule has 2 bridgehead atoms.